The minimum atomic E-state index is -0.0938. The van der Waals surface area contributed by atoms with Crippen LogP contribution in [-0.2, 0) is 0 Å². The number of hydrogen-bond donors (Lipinski definition) is 1. The summed E-state index contributed by atoms with van der Waals surface area (Å²) in [6.45, 7) is 4.27. The quantitative estimate of drug-likeness (QED) is 0.424. The lowest BCUT2D eigenvalue weighted by molar-refractivity contribution is 0.415. The minimum Gasteiger partial charge on any atom is -0.497 e. The number of aryl methyl sites for hydroxylation is 1. The van der Waals surface area contributed by atoms with E-state index in [9.17, 15) is 0 Å². The lowest BCUT2D eigenvalue weighted by atomic mass is 9.96. The van der Waals surface area contributed by atoms with E-state index in [1.165, 1.54) is 5.56 Å². The first-order chi connectivity index (χ1) is 16.1. The number of hydrogen-bond acceptors (Lipinski definition) is 4. The molecule has 0 bridgehead atoms. The summed E-state index contributed by atoms with van der Waals surface area (Å²) in [6, 6.07) is 20.1. The number of nitrogens with one attached hydrogen (secondary N) is 1. The van der Waals surface area contributed by atoms with E-state index in [-0.39, 0.29) is 12.1 Å². The van der Waals surface area contributed by atoms with Crippen molar-refractivity contribution in [1.29, 1.82) is 0 Å². The van der Waals surface area contributed by atoms with Gasteiger partial charge in [-0.05, 0) is 86.2 Å². The van der Waals surface area contributed by atoms with Crippen LogP contribution < -0.4 is 15.0 Å². The van der Waals surface area contributed by atoms with Gasteiger partial charge in [-0.1, -0.05) is 6.07 Å². The van der Waals surface area contributed by atoms with E-state index in [1.54, 1.807) is 13.3 Å². The SMILES string of the molecule is COc1ccc(N2C(=S)N[C@@H](c3ccccn3)[C@H]2c2cc(C)n(-c3cccnc3)c2C)cc1. The van der Waals surface area contributed by atoms with Crippen LogP contribution in [0.1, 0.15) is 34.7 Å². The number of rotatable bonds is 5. The maximum atomic E-state index is 5.85. The Morgan fingerprint density at radius 3 is 2.45 bits per heavy atom. The zero-order valence-electron chi connectivity index (χ0n) is 18.8. The molecule has 1 fully saturated rings. The Hall–Kier alpha value is -3.71. The van der Waals surface area contributed by atoms with E-state index in [0.29, 0.717) is 5.11 Å². The first-order valence-corrected chi connectivity index (χ1v) is 11.2. The Bertz CT molecular complexity index is 1270. The van der Waals surface area contributed by atoms with E-state index in [1.807, 2.05) is 60.9 Å². The number of anilines is 1. The molecule has 1 aliphatic heterocycles. The zero-order valence-corrected chi connectivity index (χ0v) is 19.6. The number of methoxy groups -OCH3 is 1. The number of ether oxygens (including phenoxy) is 1. The predicted octanol–water partition coefficient (Wildman–Crippen LogP) is 5.07. The molecule has 4 aromatic rings. The van der Waals surface area contributed by atoms with Crippen molar-refractivity contribution in [1.82, 2.24) is 19.9 Å². The van der Waals surface area contributed by atoms with Gasteiger partial charge < -0.3 is 19.5 Å². The Balaban J connectivity index is 1.66. The molecule has 1 aliphatic rings. The average molecular weight is 456 g/mol. The van der Waals surface area contributed by atoms with Crippen molar-refractivity contribution in [3.8, 4) is 11.4 Å². The fourth-order valence-electron chi connectivity index (χ4n) is 4.66. The van der Waals surface area contributed by atoms with Crippen LogP contribution in [0.3, 0.4) is 0 Å². The molecule has 2 atom stereocenters. The van der Waals surface area contributed by atoms with E-state index in [4.69, 9.17) is 17.0 Å². The van der Waals surface area contributed by atoms with Gasteiger partial charge in [0.15, 0.2) is 5.11 Å². The second kappa shape index (κ2) is 8.67. The van der Waals surface area contributed by atoms with Crippen molar-refractivity contribution in [2.45, 2.75) is 25.9 Å². The van der Waals surface area contributed by atoms with E-state index in [0.717, 1.165) is 34.2 Å². The second-order valence-corrected chi connectivity index (χ2v) is 8.45. The van der Waals surface area contributed by atoms with Gasteiger partial charge in [-0.2, -0.15) is 0 Å². The van der Waals surface area contributed by atoms with Crippen LogP contribution in [0.25, 0.3) is 5.69 Å². The van der Waals surface area contributed by atoms with E-state index < -0.39 is 0 Å². The number of benzene rings is 1. The fraction of sp³-hybridized carbons (Fsp3) is 0.192. The van der Waals surface area contributed by atoms with Gasteiger partial charge in [0, 0.05) is 29.5 Å². The van der Waals surface area contributed by atoms with Crippen LogP contribution in [0.15, 0.2) is 79.3 Å². The summed E-state index contributed by atoms with van der Waals surface area (Å²) in [5.74, 6) is 0.810. The molecule has 0 unspecified atom stereocenters. The van der Waals surface area contributed by atoms with Gasteiger partial charge in [0.05, 0.1) is 36.8 Å². The van der Waals surface area contributed by atoms with Crippen molar-refractivity contribution in [2.75, 3.05) is 12.0 Å². The summed E-state index contributed by atoms with van der Waals surface area (Å²) in [5.41, 5.74) is 6.47. The van der Waals surface area contributed by atoms with Crippen LogP contribution in [0, 0.1) is 13.8 Å². The van der Waals surface area contributed by atoms with E-state index >= 15 is 0 Å². The highest BCUT2D eigenvalue weighted by molar-refractivity contribution is 7.80. The molecule has 0 saturated carbocycles. The average Bonchev–Trinajstić information content (AvgIpc) is 3.35. The lowest BCUT2D eigenvalue weighted by Gasteiger charge is -2.28. The summed E-state index contributed by atoms with van der Waals surface area (Å²) in [4.78, 5) is 11.2. The highest BCUT2D eigenvalue weighted by Gasteiger charge is 2.42. The Kier molecular flexibility index (Phi) is 5.56. The molecule has 3 aromatic heterocycles. The normalized spacial score (nSPS) is 17.8. The van der Waals surface area contributed by atoms with Gasteiger partial charge in [0.2, 0.25) is 0 Å². The van der Waals surface area contributed by atoms with Crippen molar-refractivity contribution in [3.63, 3.8) is 0 Å². The molecular formula is C26H25N5OS. The standard InChI is InChI=1S/C26H25N5OS/c1-17-15-22(18(2)30(17)20-7-6-13-27-16-20)25-24(23-8-4-5-14-28-23)29-26(33)31(25)19-9-11-21(32-3)12-10-19/h4-16,24-25H,1-3H3,(H,29,33)/t24-,25+/m0/s1. The highest BCUT2D eigenvalue weighted by atomic mass is 32.1. The van der Waals surface area contributed by atoms with Crippen molar-refractivity contribution < 1.29 is 4.74 Å². The minimum absolute atomic E-state index is 0.0718. The van der Waals surface area contributed by atoms with Gasteiger partial charge in [0.1, 0.15) is 5.75 Å². The topological polar surface area (TPSA) is 55.2 Å². The molecule has 0 radical (unpaired) electrons. The monoisotopic (exact) mass is 455 g/mol. The van der Waals surface area contributed by atoms with Crippen LogP contribution in [0.2, 0.25) is 0 Å². The number of thiocarbonyl (C=S) groups is 1. The number of aromatic nitrogens is 3. The largest absolute Gasteiger partial charge is 0.497 e. The zero-order chi connectivity index (χ0) is 22.9. The summed E-state index contributed by atoms with van der Waals surface area (Å²) in [6.07, 6.45) is 5.51. The van der Waals surface area contributed by atoms with Crippen LogP contribution in [0.4, 0.5) is 5.69 Å². The second-order valence-electron chi connectivity index (χ2n) is 8.07. The molecule has 6 nitrogen and oxygen atoms in total. The van der Waals surface area contributed by atoms with E-state index in [2.05, 4.69) is 50.7 Å². The van der Waals surface area contributed by atoms with Gasteiger partial charge in [-0.15, -0.1) is 0 Å². The number of pyridine rings is 2. The maximum absolute atomic E-state index is 5.85. The molecule has 166 valence electrons. The molecule has 1 N–H and O–H groups in total. The third kappa shape index (κ3) is 3.74. The summed E-state index contributed by atoms with van der Waals surface area (Å²) in [7, 11) is 1.67. The summed E-state index contributed by atoms with van der Waals surface area (Å²) in [5, 5.41) is 4.21. The third-order valence-electron chi connectivity index (χ3n) is 6.14. The number of nitrogens with zero attached hydrogens (tertiary/aromatic N) is 4. The fourth-order valence-corrected chi connectivity index (χ4v) is 5.01. The Morgan fingerprint density at radius 1 is 0.970 bits per heavy atom. The highest BCUT2D eigenvalue weighted by Crippen LogP contribution is 2.43. The third-order valence-corrected chi connectivity index (χ3v) is 6.46. The molecule has 1 saturated heterocycles. The smallest absolute Gasteiger partial charge is 0.174 e. The Morgan fingerprint density at radius 2 is 1.79 bits per heavy atom. The molecular weight excluding hydrogens is 430 g/mol. The first kappa shape index (κ1) is 21.2. The molecule has 0 spiro atoms. The Labute approximate surface area is 198 Å². The maximum Gasteiger partial charge on any atom is 0.174 e. The van der Waals surface area contributed by atoms with Crippen molar-refractivity contribution in [2.24, 2.45) is 0 Å². The molecule has 33 heavy (non-hydrogen) atoms. The van der Waals surface area contributed by atoms with Gasteiger partial charge in [-0.25, -0.2) is 0 Å². The molecule has 4 heterocycles. The molecule has 7 heteroatoms. The van der Waals surface area contributed by atoms with Crippen LogP contribution >= 0.6 is 12.2 Å². The predicted molar refractivity (Wildman–Crippen MR) is 134 cm³/mol. The van der Waals surface area contributed by atoms with Crippen LogP contribution in [-0.4, -0.2) is 26.8 Å². The van der Waals surface area contributed by atoms with Gasteiger partial charge >= 0.3 is 0 Å². The molecule has 0 amide bonds. The molecule has 0 aliphatic carbocycles. The van der Waals surface area contributed by atoms with Crippen molar-refractivity contribution in [3.05, 3.63) is 102 Å². The van der Waals surface area contributed by atoms with Crippen LogP contribution in [0.5, 0.6) is 5.75 Å². The van der Waals surface area contributed by atoms with Gasteiger partial charge in [0.25, 0.3) is 0 Å². The molecule has 5 rings (SSSR count). The van der Waals surface area contributed by atoms with Gasteiger partial charge in [-0.3, -0.25) is 9.97 Å². The summed E-state index contributed by atoms with van der Waals surface area (Å²) < 4.78 is 7.60. The lowest BCUT2D eigenvalue weighted by Crippen LogP contribution is -2.29. The molecule has 1 aromatic carbocycles. The van der Waals surface area contributed by atoms with Crippen molar-refractivity contribution >= 4 is 23.0 Å². The first-order valence-electron chi connectivity index (χ1n) is 10.8. The summed E-state index contributed by atoms with van der Waals surface area (Å²) >= 11 is 5.85.